The van der Waals surface area contributed by atoms with Crippen molar-refractivity contribution in [3.8, 4) is 11.8 Å². The molecule has 4 nitrogen and oxygen atoms in total. The molecule has 0 saturated carbocycles. The van der Waals surface area contributed by atoms with E-state index in [0.29, 0.717) is 16.3 Å². The molecule has 0 spiro atoms. The monoisotopic (exact) mass is 378 g/mol. The van der Waals surface area contributed by atoms with Crippen LogP contribution >= 0.6 is 27.5 Å². The topological polar surface area (TPSA) is 54.6 Å². The van der Waals surface area contributed by atoms with Crippen molar-refractivity contribution in [2.45, 2.75) is 6.61 Å². The van der Waals surface area contributed by atoms with E-state index in [9.17, 15) is 0 Å². The van der Waals surface area contributed by atoms with Gasteiger partial charge < -0.3 is 9.57 Å². The lowest BCUT2D eigenvalue weighted by Crippen LogP contribution is -1.93. The van der Waals surface area contributed by atoms with Crippen LogP contribution in [0.25, 0.3) is 0 Å². The van der Waals surface area contributed by atoms with Crippen molar-refractivity contribution in [1.29, 1.82) is 5.26 Å². The number of benzene rings is 2. The van der Waals surface area contributed by atoms with E-state index < -0.39 is 0 Å². The summed E-state index contributed by atoms with van der Waals surface area (Å²) in [5.74, 6) is 0.572. The van der Waals surface area contributed by atoms with Gasteiger partial charge in [-0.2, -0.15) is 5.26 Å². The fourth-order valence-electron chi connectivity index (χ4n) is 1.81. The summed E-state index contributed by atoms with van der Waals surface area (Å²) in [7, 11) is 1.55. The zero-order valence-corrected chi connectivity index (χ0v) is 14.1. The third kappa shape index (κ3) is 4.00. The third-order valence-corrected chi connectivity index (χ3v) is 3.73. The van der Waals surface area contributed by atoms with Gasteiger partial charge in [0, 0.05) is 5.56 Å². The fraction of sp³-hybridized carbons (Fsp3) is 0.125. The highest BCUT2D eigenvalue weighted by Gasteiger charge is 2.07. The summed E-state index contributed by atoms with van der Waals surface area (Å²) in [5, 5.41) is 13.4. The van der Waals surface area contributed by atoms with Gasteiger partial charge >= 0.3 is 0 Å². The van der Waals surface area contributed by atoms with Gasteiger partial charge in [-0.05, 0) is 39.7 Å². The van der Waals surface area contributed by atoms with Crippen LogP contribution in [0.4, 0.5) is 0 Å². The van der Waals surface area contributed by atoms with Crippen molar-refractivity contribution in [3.05, 3.63) is 62.6 Å². The van der Waals surface area contributed by atoms with E-state index in [2.05, 4.69) is 27.2 Å². The van der Waals surface area contributed by atoms with E-state index in [0.717, 1.165) is 15.6 Å². The summed E-state index contributed by atoms with van der Waals surface area (Å²) in [6.45, 7) is 0.227. The molecule has 6 heteroatoms. The predicted octanol–water partition coefficient (Wildman–Crippen LogP) is 4.53. The zero-order valence-electron chi connectivity index (χ0n) is 11.7. The van der Waals surface area contributed by atoms with Crippen LogP contribution in [-0.2, 0) is 11.4 Å². The molecular weight excluding hydrogens is 368 g/mol. The number of rotatable bonds is 5. The second-order valence-corrected chi connectivity index (χ2v) is 5.56. The van der Waals surface area contributed by atoms with Gasteiger partial charge in [-0.3, -0.25) is 0 Å². The lowest BCUT2D eigenvalue weighted by Gasteiger charge is -2.06. The van der Waals surface area contributed by atoms with Crippen LogP contribution in [0.1, 0.15) is 16.7 Å². The molecule has 0 aliphatic rings. The first-order chi connectivity index (χ1) is 10.7. The molecule has 0 aliphatic heterocycles. The van der Waals surface area contributed by atoms with Gasteiger partial charge in [0.15, 0.2) is 5.75 Å². The molecule has 0 fully saturated rings. The minimum absolute atomic E-state index is 0.227. The maximum absolute atomic E-state index is 8.99. The Morgan fingerprint density at radius 2 is 2.14 bits per heavy atom. The highest BCUT2D eigenvalue weighted by atomic mass is 79.9. The fourth-order valence-corrected chi connectivity index (χ4v) is 2.87. The maximum Gasteiger partial charge on any atom is 0.151 e. The van der Waals surface area contributed by atoms with Crippen LogP contribution in [0.2, 0.25) is 5.02 Å². The third-order valence-electron chi connectivity index (χ3n) is 2.86. The lowest BCUT2D eigenvalue weighted by molar-refractivity contribution is 0.132. The number of oxime groups is 1. The van der Waals surface area contributed by atoms with E-state index in [1.54, 1.807) is 25.5 Å². The molecule has 22 heavy (non-hydrogen) atoms. The second-order valence-electron chi connectivity index (χ2n) is 4.29. The number of nitriles is 1. The molecule has 0 saturated heterocycles. The van der Waals surface area contributed by atoms with Gasteiger partial charge in [-0.25, -0.2) is 0 Å². The van der Waals surface area contributed by atoms with Crippen molar-refractivity contribution in [1.82, 2.24) is 0 Å². The molecular formula is C16H12BrClN2O2. The van der Waals surface area contributed by atoms with Crippen LogP contribution in [0.5, 0.6) is 5.75 Å². The molecule has 112 valence electrons. The average molecular weight is 380 g/mol. The Morgan fingerprint density at radius 1 is 1.36 bits per heavy atom. The molecule has 0 atom stereocenters. The second kappa shape index (κ2) is 7.83. The normalized spacial score (nSPS) is 10.5. The minimum Gasteiger partial charge on any atom is -0.494 e. The number of hydrogen-bond acceptors (Lipinski definition) is 4. The van der Waals surface area contributed by atoms with Crippen molar-refractivity contribution < 1.29 is 9.57 Å². The highest BCUT2D eigenvalue weighted by Crippen LogP contribution is 2.33. The minimum atomic E-state index is 0.227. The zero-order chi connectivity index (χ0) is 15.9. The SMILES string of the molecule is COc1c(Cl)cc(/C=N\OCc2ccccc2C#N)cc1Br. The van der Waals surface area contributed by atoms with Crippen LogP contribution in [0, 0.1) is 11.3 Å². The molecule has 0 bridgehead atoms. The first-order valence-electron chi connectivity index (χ1n) is 6.32. The van der Waals surface area contributed by atoms with Crippen LogP contribution < -0.4 is 4.74 Å². The number of methoxy groups -OCH3 is 1. The van der Waals surface area contributed by atoms with Gasteiger partial charge in [0.25, 0.3) is 0 Å². The Bertz CT molecular complexity index is 718. The van der Waals surface area contributed by atoms with E-state index in [-0.39, 0.29) is 6.61 Å². The van der Waals surface area contributed by atoms with Crippen LogP contribution in [0.3, 0.4) is 0 Å². The summed E-state index contributed by atoms with van der Waals surface area (Å²) in [4.78, 5) is 5.23. The number of nitrogens with zero attached hydrogens (tertiary/aromatic N) is 2. The summed E-state index contributed by atoms with van der Waals surface area (Å²) in [6.07, 6.45) is 1.55. The van der Waals surface area contributed by atoms with Gasteiger partial charge in [-0.1, -0.05) is 35.0 Å². The molecule has 0 unspecified atom stereocenters. The Kier molecular flexibility index (Phi) is 5.82. The number of halogens is 2. The average Bonchev–Trinajstić information content (AvgIpc) is 2.51. The van der Waals surface area contributed by atoms with Crippen molar-refractivity contribution >= 4 is 33.7 Å². The smallest absolute Gasteiger partial charge is 0.151 e. The van der Waals surface area contributed by atoms with Gasteiger partial charge in [0.1, 0.15) is 6.61 Å². The maximum atomic E-state index is 8.99. The number of hydrogen-bond donors (Lipinski definition) is 0. The highest BCUT2D eigenvalue weighted by molar-refractivity contribution is 9.10. The van der Waals surface area contributed by atoms with Gasteiger partial charge in [0.2, 0.25) is 0 Å². The molecule has 0 N–H and O–H groups in total. The van der Waals surface area contributed by atoms with Crippen LogP contribution in [-0.4, -0.2) is 13.3 Å². The summed E-state index contributed by atoms with van der Waals surface area (Å²) < 4.78 is 5.89. The molecule has 2 aromatic carbocycles. The van der Waals surface area contributed by atoms with E-state index in [1.807, 2.05) is 24.3 Å². The van der Waals surface area contributed by atoms with Gasteiger partial charge in [0.05, 0.1) is 34.5 Å². The predicted molar refractivity (Wildman–Crippen MR) is 89.2 cm³/mol. The number of ether oxygens (including phenoxy) is 1. The van der Waals surface area contributed by atoms with E-state index in [4.69, 9.17) is 26.4 Å². The quantitative estimate of drug-likeness (QED) is 0.566. The van der Waals surface area contributed by atoms with Gasteiger partial charge in [-0.15, -0.1) is 0 Å². The standard InChI is InChI=1S/C16H12BrClN2O2/c1-21-16-14(17)6-11(7-15(16)18)9-20-22-10-13-5-3-2-4-12(13)8-19/h2-7,9H,10H2,1H3/b20-9-. The largest absolute Gasteiger partial charge is 0.494 e. The van der Waals surface area contributed by atoms with E-state index in [1.165, 1.54) is 0 Å². The van der Waals surface area contributed by atoms with E-state index >= 15 is 0 Å². The molecule has 0 aliphatic carbocycles. The molecule has 0 heterocycles. The Morgan fingerprint density at radius 3 is 2.82 bits per heavy atom. The van der Waals surface area contributed by atoms with Crippen molar-refractivity contribution in [2.75, 3.05) is 7.11 Å². The van der Waals surface area contributed by atoms with Crippen LogP contribution in [0.15, 0.2) is 46.0 Å². The Balaban J connectivity index is 2.03. The first-order valence-corrected chi connectivity index (χ1v) is 7.49. The van der Waals surface area contributed by atoms with Crippen molar-refractivity contribution in [2.24, 2.45) is 5.16 Å². The Labute approximate surface area is 142 Å². The molecule has 0 aromatic heterocycles. The van der Waals surface area contributed by atoms with Crippen molar-refractivity contribution in [3.63, 3.8) is 0 Å². The molecule has 2 rings (SSSR count). The summed E-state index contributed by atoms with van der Waals surface area (Å²) in [6, 6.07) is 12.9. The summed E-state index contributed by atoms with van der Waals surface area (Å²) >= 11 is 9.46. The Hall–Kier alpha value is -2.03. The molecule has 0 radical (unpaired) electrons. The molecule has 2 aromatic rings. The molecule has 0 amide bonds. The first kappa shape index (κ1) is 16.3. The summed E-state index contributed by atoms with van der Waals surface area (Å²) in [5.41, 5.74) is 2.13. The lowest BCUT2D eigenvalue weighted by atomic mass is 10.1.